The third-order valence-electron chi connectivity index (χ3n) is 3.24. The van der Waals surface area contributed by atoms with Crippen molar-refractivity contribution >= 4 is 11.4 Å². The summed E-state index contributed by atoms with van der Waals surface area (Å²) >= 11 is 0. The molecule has 1 N–H and O–H groups in total. The van der Waals surface area contributed by atoms with Crippen molar-refractivity contribution in [1.82, 2.24) is 4.90 Å². The van der Waals surface area contributed by atoms with Gasteiger partial charge in [0, 0.05) is 19.7 Å². The van der Waals surface area contributed by atoms with Gasteiger partial charge in [-0.1, -0.05) is 12.1 Å². The molecule has 21 heavy (non-hydrogen) atoms. The van der Waals surface area contributed by atoms with E-state index in [1.165, 1.54) is 6.07 Å². The van der Waals surface area contributed by atoms with Crippen molar-refractivity contribution < 1.29 is 9.34 Å². The third kappa shape index (κ3) is 3.61. The number of furan rings is 1. The first-order chi connectivity index (χ1) is 10.0. The maximum absolute atomic E-state index is 11.0. The van der Waals surface area contributed by atoms with E-state index < -0.39 is 0 Å². The highest BCUT2D eigenvalue weighted by Crippen LogP contribution is 2.28. The number of anilines is 1. The number of benzene rings is 1. The quantitative estimate of drug-likeness (QED) is 0.653. The fourth-order valence-corrected chi connectivity index (χ4v) is 2.34. The maximum Gasteiger partial charge on any atom is 0.292 e. The van der Waals surface area contributed by atoms with Crippen molar-refractivity contribution in [2.75, 3.05) is 19.4 Å². The van der Waals surface area contributed by atoms with Crippen molar-refractivity contribution in [2.24, 2.45) is 0 Å². The molecule has 0 amide bonds. The minimum absolute atomic E-state index is 0.0947. The van der Waals surface area contributed by atoms with E-state index in [0.717, 1.165) is 17.1 Å². The molecule has 0 aliphatic rings. The van der Waals surface area contributed by atoms with Crippen LogP contribution >= 0.6 is 0 Å². The molecule has 0 aliphatic carbocycles. The molecule has 0 bridgehead atoms. The molecule has 6 nitrogen and oxygen atoms in total. The summed E-state index contributed by atoms with van der Waals surface area (Å²) in [6.45, 7) is 3.15. The summed E-state index contributed by atoms with van der Waals surface area (Å²) in [6.07, 6.45) is 0. The van der Waals surface area contributed by atoms with E-state index in [9.17, 15) is 10.1 Å². The van der Waals surface area contributed by atoms with Crippen molar-refractivity contribution in [3.63, 3.8) is 0 Å². The Morgan fingerprint density at radius 2 is 2.05 bits per heavy atom. The van der Waals surface area contributed by atoms with E-state index in [1.54, 1.807) is 13.1 Å². The first-order valence-electron chi connectivity index (χ1n) is 6.69. The molecular formula is C15H19N3O3. The molecule has 0 unspecified atom stereocenters. The van der Waals surface area contributed by atoms with Crippen LogP contribution in [0.2, 0.25) is 0 Å². The highest BCUT2D eigenvalue weighted by Gasteiger charge is 2.17. The summed E-state index contributed by atoms with van der Waals surface area (Å²) in [5.41, 5.74) is 1.54. The Morgan fingerprint density at radius 1 is 1.29 bits per heavy atom. The second-order valence-electron chi connectivity index (χ2n) is 5.00. The summed E-state index contributed by atoms with van der Waals surface area (Å²) in [7, 11) is 3.65. The van der Waals surface area contributed by atoms with Gasteiger partial charge in [-0.3, -0.25) is 15.0 Å². The van der Waals surface area contributed by atoms with E-state index >= 15 is 0 Å². The fourth-order valence-electron chi connectivity index (χ4n) is 2.34. The summed E-state index contributed by atoms with van der Waals surface area (Å²) in [5, 5.41) is 14.0. The van der Waals surface area contributed by atoms with Crippen molar-refractivity contribution in [3.8, 4) is 0 Å². The Bertz CT molecular complexity index is 637. The van der Waals surface area contributed by atoms with E-state index in [0.29, 0.717) is 18.8 Å². The molecule has 6 heteroatoms. The zero-order valence-corrected chi connectivity index (χ0v) is 12.4. The molecule has 112 valence electrons. The van der Waals surface area contributed by atoms with Crippen LogP contribution < -0.4 is 5.32 Å². The van der Waals surface area contributed by atoms with Crippen molar-refractivity contribution in [1.29, 1.82) is 0 Å². The number of para-hydroxylation sites is 1. The molecule has 1 aromatic heterocycles. The number of nitrogens with zero attached hydrogens (tertiary/aromatic N) is 2. The number of rotatable bonds is 6. The molecule has 0 saturated carbocycles. The summed E-state index contributed by atoms with van der Waals surface area (Å²) in [6, 6.07) is 8.97. The molecule has 0 saturated heterocycles. The lowest BCUT2D eigenvalue weighted by atomic mass is 10.1. The number of nitro benzene ring substituents is 1. The maximum atomic E-state index is 11.0. The van der Waals surface area contributed by atoms with Gasteiger partial charge in [-0.25, -0.2) is 0 Å². The second kappa shape index (κ2) is 6.41. The Labute approximate surface area is 123 Å². The molecule has 2 aromatic rings. The Morgan fingerprint density at radius 3 is 2.62 bits per heavy atom. The van der Waals surface area contributed by atoms with Gasteiger partial charge >= 0.3 is 0 Å². The van der Waals surface area contributed by atoms with Gasteiger partial charge in [0.15, 0.2) is 0 Å². The summed E-state index contributed by atoms with van der Waals surface area (Å²) < 4.78 is 5.54. The lowest BCUT2D eigenvalue weighted by Gasteiger charge is -2.17. The lowest BCUT2D eigenvalue weighted by molar-refractivity contribution is -0.384. The molecule has 0 aliphatic heterocycles. The van der Waals surface area contributed by atoms with E-state index in [4.69, 9.17) is 4.42 Å². The van der Waals surface area contributed by atoms with Gasteiger partial charge in [0.1, 0.15) is 17.2 Å². The Hall–Kier alpha value is -2.34. The molecule has 2 rings (SSSR count). The zero-order valence-electron chi connectivity index (χ0n) is 12.4. The van der Waals surface area contributed by atoms with Crippen molar-refractivity contribution in [2.45, 2.75) is 20.0 Å². The van der Waals surface area contributed by atoms with E-state index in [-0.39, 0.29) is 10.6 Å². The number of nitrogens with one attached hydrogen (secondary N) is 1. The van der Waals surface area contributed by atoms with Crippen LogP contribution in [0.15, 0.2) is 34.7 Å². The summed E-state index contributed by atoms with van der Waals surface area (Å²) in [5.74, 6) is 1.76. The van der Waals surface area contributed by atoms with Gasteiger partial charge in [-0.15, -0.1) is 0 Å². The minimum atomic E-state index is -0.370. The minimum Gasteiger partial charge on any atom is -0.465 e. The number of hydrogen-bond donors (Lipinski definition) is 1. The van der Waals surface area contributed by atoms with Crippen LogP contribution in [0, 0.1) is 17.0 Å². The van der Waals surface area contributed by atoms with Gasteiger partial charge < -0.3 is 9.73 Å². The van der Waals surface area contributed by atoms with Crippen LogP contribution in [0.1, 0.15) is 17.1 Å². The van der Waals surface area contributed by atoms with Crippen LogP contribution in [0.3, 0.4) is 0 Å². The SMILES string of the molecule is CNc1c(CN(C)Cc2ccc(C)o2)cccc1[N+](=O)[O-]. The molecule has 0 spiro atoms. The van der Waals surface area contributed by atoms with Crippen molar-refractivity contribution in [3.05, 3.63) is 57.5 Å². The van der Waals surface area contributed by atoms with E-state index in [1.807, 2.05) is 32.2 Å². The topological polar surface area (TPSA) is 71.5 Å². The van der Waals surface area contributed by atoms with Crippen LogP contribution in [0.5, 0.6) is 0 Å². The van der Waals surface area contributed by atoms with Crippen LogP contribution in [-0.2, 0) is 13.1 Å². The highest BCUT2D eigenvalue weighted by molar-refractivity contribution is 5.66. The monoisotopic (exact) mass is 289 g/mol. The third-order valence-corrected chi connectivity index (χ3v) is 3.24. The Kier molecular flexibility index (Phi) is 4.59. The fraction of sp³-hybridized carbons (Fsp3) is 0.333. The number of aryl methyl sites for hydroxylation is 1. The van der Waals surface area contributed by atoms with Gasteiger partial charge in [0.25, 0.3) is 5.69 Å². The number of hydrogen-bond acceptors (Lipinski definition) is 5. The molecule has 0 atom stereocenters. The highest BCUT2D eigenvalue weighted by atomic mass is 16.6. The summed E-state index contributed by atoms with van der Waals surface area (Å²) in [4.78, 5) is 12.7. The molecular weight excluding hydrogens is 270 g/mol. The molecule has 1 heterocycles. The smallest absolute Gasteiger partial charge is 0.292 e. The predicted octanol–water partition coefficient (Wildman–Crippen LogP) is 3.17. The van der Waals surface area contributed by atoms with E-state index in [2.05, 4.69) is 10.2 Å². The zero-order chi connectivity index (χ0) is 15.4. The van der Waals surface area contributed by atoms with Crippen LogP contribution in [0.25, 0.3) is 0 Å². The molecule has 0 fully saturated rings. The Balaban J connectivity index is 2.15. The molecule has 1 aromatic carbocycles. The lowest BCUT2D eigenvalue weighted by Crippen LogP contribution is -2.18. The first-order valence-corrected chi connectivity index (χ1v) is 6.69. The van der Waals surface area contributed by atoms with Gasteiger partial charge in [-0.05, 0) is 31.7 Å². The standard InChI is InChI=1S/C15H19N3O3/c1-11-7-8-13(21-11)10-17(3)9-12-5-4-6-14(18(19)20)15(12)16-2/h4-8,16H,9-10H2,1-3H3. The van der Waals surface area contributed by atoms with Gasteiger partial charge in [-0.2, -0.15) is 0 Å². The van der Waals surface area contributed by atoms with Crippen LogP contribution in [-0.4, -0.2) is 23.9 Å². The molecule has 0 radical (unpaired) electrons. The average Bonchev–Trinajstić information content (AvgIpc) is 2.83. The predicted molar refractivity (Wildman–Crippen MR) is 81.3 cm³/mol. The normalized spacial score (nSPS) is 10.9. The van der Waals surface area contributed by atoms with Gasteiger partial charge in [0.2, 0.25) is 0 Å². The number of nitro groups is 1. The van der Waals surface area contributed by atoms with Crippen LogP contribution in [0.4, 0.5) is 11.4 Å². The average molecular weight is 289 g/mol. The largest absolute Gasteiger partial charge is 0.465 e. The van der Waals surface area contributed by atoms with Gasteiger partial charge in [0.05, 0.1) is 11.5 Å². The first kappa shape index (κ1) is 15.1. The second-order valence-corrected chi connectivity index (χ2v) is 5.00.